The number of rotatable bonds is 11. The summed E-state index contributed by atoms with van der Waals surface area (Å²) in [6, 6.07) is 9.39. The Hall–Kier alpha value is -3.34. The Kier molecular flexibility index (Phi) is 10.1. The van der Waals surface area contributed by atoms with Crippen LogP contribution in [-0.4, -0.2) is 65.0 Å². The fourth-order valence-electron chi connectivity index (χ4n) is 3.79. The van der Waals surface area contributed by atoms with Gasteiger partial charge in [0.2, 0.25) is 5.91 Å². The van der Waals surface area contributed by atoms with Crippen molar-refractivity contribution in [1.82, 2.24) is 9.88 Å². The number of benzene rings is 2. The van der Waals surface area contributed by atoms with Crippen LogP contribution in [0.2, 0.25) is 5.02 Å². The second kappa shape index (κ2) is 13.3. The summed E-state index contributed by atoms with van der Waals surface area (Å²) in [6.07, 6.45) is 1.02. The quantitative estimate of drug-likeness (QED) is 0.340. The number of carbonyl (C=O) groups excluding carboxylic acids is 2. The molecule has 0 saturated heterocycles. The van der Waals surface area contributed by atoms with Crippen LogP contribution in [0.3, 0.4) is 0 Å². The zero-order valence-corrected chi connectivity index (χ0v) is 20.9. The Morgan fingerprint density at radius 1 is 1.14 bits per heavy atom. The molecule has 0 bridgehead atoms. The normalized spacial score (nSPS) is 12.0. The molecule has 0 radical (unpaired) electrons. The van der Waals surface area contributed by atoms with E-state index in [-0.39, 0.29) is 55.8 Å². The number of nitrogens with one attached hydrogen (secondary N) is 1. The van der Waals surface area contributed by atoms with Crippen molar-refractivity contribution in [1.29, 1.82) is 0 Å². The number of hydrogen-bond donors (Lipinski definition) is 3. The third-order valence-electron chi connectivity index (χ3n) is 6.02. The van der Waals surface area contributed by atoms with Crippen LogP contribution in [0, 0.1) is 17.6 Å². The van der Waals surface area contributed by atoms with E-state index in [0.29, 0.717) is 16.3 Å². The summed E-state index contributed by atoms with van der Waals surface area (Å²) in [5, 5.41) is 22.7. The summed E-state index contributed by atoms with van der Waals surface area (Å²) in [5.74, 6) is -1.70. The van der Waals surface area contributed by atoms with Crippen LogP contribution in [0.1, 0.15) is 18.4 Å². The van der Waals surface area contributed by atoms with Gasteiger partial charge in [-0.25, -0.2) is 18.6 Å². The number of aliphatic hydroxyl groups is 2. The molecule has 2 aromatic carbocycles. The highest BCUT2D eigenvalue weighted by atomic mass is 35.5. The Labute approximate surface area is 217 Å². The van der Waals surface area contributed by atoms with Crippen molar-refractivity contribution in [2.75, 3.05) is 32.2 Å². The zero-order chi connectivity index (χ0) is 26.9. The monoisotopic (exact) mass is 535 g/mol. The number of aryl methyl sites for hydroxylation is 1. The van der Waals surface area contributed by atoms with Crippen LogP contribution in [0.4, 0.5) is 19.4 Å². The number of hydrogen-bond acceptors (Lipinski definition) is 6. The molecule has 3 aromatic rings. The first-order chi connectivity index (χ1) is 17.7. The molecule has 0 aliphatic heterocycles. The summed E-state index contributed by atoms with van der Waals surface area (Å²) in [5.41, 5.74) is 0.488. The molecule has 3 rings (SSSR count). The first-order valence-electron chi connectivity index (χ1n) is 11.6. The lowest BCUT2D eigenvalue weighted by Gasteiger charge is -2.30. The van der Waals surface area contributed by atoms with Crippen LogP contribution in [-0.2, 0) is 16.0 Å². The van der Waals surface area contributed by atoms with Gasteiger partial charge < -0.3 is 19.8 Å². The molecule has 37 heavy (non-hydrogen) atoms. The zero-order valence-electron chi connectivity index (χ0n) is 20.2. The van der Waals surface area contributed by atoms with Crippen molar-refractivity contribution < 1.29 is 33.3 Å². The van der Waals surface area contributed by atoms with Gasteiger partial charge in [-0.3, -0.25) is 10.1 Å². The molecule has 0 unspecified atom stereocenters. The molecule has 1 heterocycles. The number of ether oxygens (including phenoxy) is 1. The largest absolute Gasteiger partial charge is 0.447 e. The number of anilines is 1. The second-order valence-corrected chi connectivity index (χ2v) is 9.00. The molecule has 0 aliphatic carbocycles. The molecule has 1 atom stereocenters. The van der Waals surface area contributed by atoms with Crippen molar-refractivity contribution in [3.8, 4) is 0 Å². The highest BCUT2D eigenvalue weighted by Crippen LogP contribution is 2.22. The minimum absolute atomic E-state index is 0.0167. The van der Waals surface area contributed by atoms with Crippen LogP contribution in [0.5, 0.6) is 0 Å². The molecule has 2 amide bonds. The lowest BCUT2D eigenvalue weighted by atomic mass is 10.0. The fraction of sp³-hybridized carbons (Fsp3) is 0.346. The Balaban J connectivity index is 1.63. The predicted octanol–water partition coefficient (Wildman–Crippen LogP) is 4.17. The van der Waals surface area contributed by atoms with E-state index in [9.17, 15) is 28.6 Å². The van der Waals surface area contributed by atoms with E-state index >= 15 is 0 Å². The lowest BCUT2D eigenvalue weighted by Crippen LogP contribution is -2.43. The first kappa shape index (κ1) is 28.2. The molecule has 0 saturated carbocycles. The number of pyridine rings is 1. The van der Waals surface area contributed by atoms with Gasteiger partial charge in [0.15, 0.2) is 0 Å². The number of aromatic nitrogens is 1. The smallest absolute Gasteiger partial charge is 0.412 e. The van der Waals surface area contributed by atoms with E-state index in [1.54, 1.807) is 12.1 Å². The molecule has 1 aromatic heterocycles. The van der Waals surface area contributed by atoms with E-state index in [1.807, 2.05) is 0 Å². The highest BCUT2D eigenvalue weighted by Gasteiger charge is 2.25. The Morgan fingerprint density at radius 3 is 2.62 bits per heavy atom. The van der Waals surface area contributed by atoms with Crippen molar-refractivity contribution in [3.63, 3.8) is 0 Å². The van der Waals surface area contributed by atoms with E-state index in [2.05, 4.69) is 10.3 Å². The van der Waals surface area contributed by atoms with Gasteiger partial charge in [-0.15, -0.1) is 0 Å². The van der Waals surface area contributed by atoms with Crippen LogP contribution in [0.25, 0.3) is 10.8 Å². The van der Waals surface area contributed by atoms with E-state index < -0.39 is 29.7 Å². The van der Waals surface area contributed by atoms with Gasteiger partial charge in [0.25, 0.3) is 0 Å². The number of aliphatic hydroxyl groups excluding tert-OH is 2. The SMILES string of the molecule is CN(C(=O)CCc1cccc(F)c1Cl)[C@H](COC(=O)Nc1cc2cc(F)ccc2cn1)CC(CO)CO. The molecule has 0 spiro atoms. The number of carbonyl (C=O) groups is 2. The number of fused-ring (bicyclic) bond motifs is 1. The minimum atomic E-state index is -0.842. The summed E-state index contributed by atoms with van der Waals surface area (Å²) in [4.78, 5) is 30.8. The molecule has 3 N–H and O–H groups in total. The van der Waals surface area contributed by atoms with Gasteiger partial charge in [0.1, 0.15) is 24.1 Å². The highest BCUT2D eigenvalue weighted by molar-refractivity contribution is 6.31. The maximum atomic E-state index is 13.7. The standard InChI is InChI=1S/C26H28ClF2N3O5/c1-32(24(35)8-6-17-3-2-4-22(29)25(17)27)21(9-16(13-33)14-34)15-37-26(36)31-23-11-19-10-20(28)7-5-18(19)12-30-23/h2-5,7,10-12,16,21,33-34H,6,8-9,13-15H2,1H3,(H,30,31,36)/t21-/m0/s1. The molecule has 0 fully saturated rings. The topological polar surface area (TPSA) is 112 Å². The van der Waals surface area contributed by atoms with Gasteiger partial charge in [-0.2, -0.15) is 0 Å². The summed E-state index contributed by atoms with van der Waals surface area (Å²) < 4.78 is 32.5. The third-order valence-corrected chi connectivity index (χ3v) is 6.45. The van der Waals surface area contributed by atoms with Crippen LogP contribution < -0.4 is 5.32 Å². The molecule has 198 valence electrons. The lowest BCUT2D eigenvalue weighted by molar-refractivity contribution is -0.133. The van der Waals surface area contributed by atoms with Gasteiger partial charge in [-0.1, -0.05) is 23.7 Å². The maximum Gasteiger partial charge on any atom is 0.412 e. The molecule has 8 nitrogen and oxygen atoms in total. The fourth-order valence-corrected chi connectivity index (χ4v) is 4.01. The van der Waals surface area contributed by atoms with Crippen molar-refractivity contribution in [2.45, 2.75) is 25.3 Å². The van der Waals surface area contributed by atoms with Crippen molar-refractivity contribution >= 4 is 40.2 Å². The summed E-state index contributed by atoms with van der Waals surface area (Å²) in [7, 11) is 1.52. The van der Waals surface area contributed by atoms with E-state index in [4.69, 9.17) is 16.3 Å². The second-order valence-electron chi connectivity index (χ2n) is 8.62. The van der Waals surface area contributed by atoms with Crippen molar-refractivity contribution in [2.24, 2.45) is 5.92 Å². The predicted molar refractivity (Wildman–Crippen MR) is 135 cm³/mol. The van der Waals surface area contributed by atoms with Crippen LogP contribution in [0.15, 0.2) is 48.7 Å². The van der Waals surface area contributed by atoms with Gasteiger partial charge in [0, 0.05) is 44.2 Å². The molecule has 11 heteroatoms. The Morgan fingerprint density at radius 2 is 1.89 bits per heavy atom. The van der Waals surface area contributed by atoms with Gasteiger partial charge in [-0.05, 0) is 54.1 Å². The molecule has 0 aliphatic rings. The first-order valence-corrected chi connectivity index (χ1v) is 12.0. The number of nitrogens with zero attached hydrogens (tertiary/aromatic N) is 2. The van der Waals surface area contributed by atoms with Crippen molar-refractivity contribution in [3.05, 3.63) is 70.9 Å². The molecular weight excluding hydrogens is 508 g/mol. The van der Waals surface area contributed by atoms with Crippen LogP contribution >= 0.6 is 11.6 Å². The van der Waals surface area contributed by atoms with Gasteiger partial charge in [0.05, 0.1) is 11.1 Å². The Bertz CT molecular complexity index is 1240. The number of amides is 2. The molecular formula is C26H28ClF2N3O5. The third kappa shape index (κ3) is 7.82. The summed E-state index contributed by atoms with van der Waals surface area (Å²) in [6.45, 7) is -0.872. The number of halogens is 3. The number of likely N-dealkylation sites (N-methyl/N-ethyl adjacent to an activating group) is 1. The minimum Gasteiger partial charge on any atom is -0.447 e. The average Bonchev–Trinajstić information content (AvgIpc) is 2.89. The summed E-state index contributed by atoms with van der Waals surface area (Å²) >= 11 is 5.97. The van der Waals surface area contributed by atoms with E-state index in [0.717, 1.165) is 0 Å². The maximum absolute atomic E-state index is 13.7. The van der Waals surface area contributed by atoms with E-state index in [1.165, 1.54) is 48.5 Å². The average molecular weight is 536 g/mol. The van der Waals surface area contributed by atoms with Gasteiger partial charge >= 0.3 is 6.09 Å².